The van der Waals surface area contributed by atoms with Gasteiger partial charge in [0.25, 0.3) is 0 Å². The van der Waals surface area contributed by atoms with Crippen LogP contribution in [0.3, 0.4) is 0 Å². The maximum atomic E-state index is 13.8. The van der Waals surface area contributed by atoms with Crippen LogP contribution in [0.25, 0.3) is 5.57 Å². The van der Waals surface area contributed by atoms with Crippen molar-refractivity contribution in [1.82, 2.24) is 9.78 Å². The fraction of sp³-hybridized carbons (Fsp3) is 0.520. The van der Waals surface area contributed by atoms with E-state index in [4.69, 9.17) is 4.74 Å². The van der Waals surface area contributed by atoms with Gasteiger partial charge in [0.1, 0.15) is 5.56 Å². The summed E-state index contributed by atoms with van der Waals surface area (Å²) in [6, 6.07) is 3.15. The number of benzene rings is 1. The number of unbranched alkanes of at least 4 members (excludes halogenated alkanes) is 1. The van der Waals surface area contributed by atoms with Gasteiger partial charge in [0.05, 0.1) is 16.7 Å². The summed E-state index contributed by atoms with van der Waals surface area (Å²) in [7, 11) is -3.47. The van der Waals surface area contributed by atoms with Gasteiger partial charge in [-0.25, -0.2) is 13.1 Å². The van der Waals surface area contributed by atoms with E-state index in [0.717, 1.165) is 24.0 Å². The molecule has 1 aromatic heterocycles. The highest BCUT2D eigenvalue weighted by Crippen LogP contribution is 2.34. The van der Waals surface area contributed by atoms with E-state index < -0.39 is 9.84 Å². The van der Waals surface area contributed by atoms with Crippen molar-refractivity contribution in [1.29, 1.82) is 0 Å². The Bertz CT molecular complexity index is 1150. The van der Waals surface area contributed by atoms with Crippen molar-refractivity contribution in [3.63, 3.8) is 0 Å². The minimum absolute atomic E-state index is 0.116. The standard InChI is InChI=1S/C25H36N2O4S/c1-10-11-14-27-25(31-16(4)5)23(19(8)26-27)24(28)20-12-13-21(32(9,29)30)22(18(20)7)17(6)15(2)3/h12-13,16H,10-11,14H2,1-9H3. The van der Waals surface area contributed by atoms with Gasteiger partial charge in [0.15, 0.2) is 9.84 Å². The van der Waals surface area contributed by atoms with Crippen LogP contribution in [0.4, 0.5) is 0 Å². The average molecular weight is 461 g/mol. The van der Waals surface area contributed by atoms with E-state index in [1.54, 1.807) is 10.7 Å². The summed E-state index contributed by atoms with van der Waals surface area (Å²) in [4.78, 5) is 14.0. The SMILES string of the molecule is CCCCn1nc(C)c(C(=O)c2ccc(S(C)(=O)=O)c(C(C)=C(C)C)c2C)c1OC(C)C. The van der Waals surface area contributed by atoms with Crippen LogP contribution in [0, 0.1) is 13.8 Å². The second kappa shape index (κ2) is 10.0. The number of allylic oxidation sites excluding steroid dienone is 2. The molecule has 0 amide bonds. The summed E-state index contributed by atoms with van der Waals surface area (Å²) in [6.45, 7) is 16.0. The molecule has 0 unspecified atom stereocenters. The van der Waals surface area contributed by atoms with Crippen LogP contribution in [0.15, 0.2) is 22.6 Å². The van der Waals surface area contributed by atoms with Crippen LogP contribution in [0.5, 0.6) is 5.88 Å². The Labute approximate surface area is 192 Å². The Morgan fingerprint density at radius 3 is 2.25 bits per heavy atom. The zero-order valence-corrected chi connectivity index (χ0v) is 21.6. The van der Waals surface area contributed by atoms with Crippen molar-refractivity contribution in [2.45, 2.75) is 85.8 Å². The van der Waals surface area contributed by atoms with Gasteiger partial charge in [-0.3, -0.25) is 4.79 Å². The van der Waals surface area contributed by atoms with Crippen molar-refractivity contribution in [2.75, 3.05) is 6.26 Å². The Morgan fingerprint density at radius 2 is 1.75 bits per heavy atom. The van der Waals surface area contributed by atoms with Crippen molar-refractivity contribution in [3.05, 3.63) is 45.7 Å². The number of sulfone groups is 1. The predicted octanol–water partition coefficient (Wildman–Crippen LogP) is 5.54. The lowest BCUT2D eigenvalue weighted by Gasteiger charge is -2.18. The topological polar surface area (TPSA) is 78.3 Å². The molecule has 0 atom stereocenters. The molecule has 0 saturated heterocycles. The Morgan fingerprint density at radius 1 is 1.12 bits per heavy atom. The second-order valence-corrected chi connectivity index (χ2v) is 10.8. The predicted molar refractivity (Wildman–Crippen MR) is 129 cm³/mol. The largest absolute Gasteiger partial charge is 0.475 e. The maximum Gasteiger partial charge on any atom is 0.223 e. The fourth-order valence-corrected chi connectivity index (χ4v) is 4.71. The summed E-state index contributed by atoms with van der Waals surface area (Å²) < 4.78 is 32.8. The molecule has 1 heterocycles. The molecule has 2 aromatic rings. The van der Waals surface area contributed by atoms with Crippen molar-refractivity contribution < 1.29 is 17.9 Å². The van der Waals surface area contributed by atoms with Crippen LogP contribution in [0.1, 0.15) is 87.1 Å². The van der Waals surface area contributed by atoms with Crippen molar-refractivity contribution >= 4 is 21.2 Å². The average Bonchev–Trinajstić information content (AvgIpc) is 2.98. The molecule has 0 aliphatic heterocycles. The summed E-state index contributed by atoms with van der Waals surface area (Å²) >= 11 is 0. The molecule has 0 fully saturated rings. The van der Waals surface area contributed by atoms with Gasteiger partial charge in [-0.15, -0.1) is 0 Å². The van der Waals surface area contributed by atoms with Gasteiger partial charge < -0.3 is 4.74 Å². The number of carbonyl (C=O) groups excluding carboxylic acids is 1. The lowest BCUT2D eigenvalue weighted by Crippen LogP contribution is -2.15. The highest BCUT2D eigenvalue weighted by atomic mass is 32.2. The minimum atomic E-state index is -3.47. The fourth-order valence-electron chi connectivity index (χ4n) is 3.72. The van der Waals surface area contributed by atoms with Gasteiger partial charge in [0, 0.05) is 18.4 Å². The number of hydrogen-bond donors (Lipinski definition) is 0. The van der Waals surface area contributed by atoms with E-state index in [9.17, 15) is 13.2 Å². The summed E-state index contributed by atoms with van der Waals surface area (Å²) in [5.74, 6) is 0.268. The first-order valence-electron chi connectivity index (χ1n) is 11.1. The summed E-state index contributed by atoms with van der Waals surface area (Å²) in [5, 5.41) is 4.59. The van der Waals surface area contributed by atoms with Crippen LogP contribution in [0.2, 0.25) is 0 Å². The van der Waals surface area contributed by atoms with E-state index in [1.807, 2.05) is 48.5 Å². The molecule has 7 heteroatoms. The van der Waals surface area contributed by atoms with E-state index >= 15 is 0 Å². The lowest BCUT2D eigenvalue weighted by molar-refractivity contribution is 0.103. The van der Waals surface area contributed by atoms with E-state index in [2.05, 4.69) is 12.0 Å². The molecule has 1 aromatic carbocycles. The maximum absolute atomic E-state index is 13.8. The van der Waals surface area contributed by atoms with Gasteiger partial charge in [-0.2, -0.15) is 5.10 Å². The molecule has 0 N–H and O–H groups in total. The third kappa shape index (κ3) is 5.31. The molecule has 0 radical (unpaired) electrons. The van der Waals surface area contributed by atoms with Crippen molar-refractivity contribution in [2.24, 2.45) is 0 Å². The molecule has 0 bridgehead atoms. The van der Waals surface area contributed by atoms with Gasteiger partial charge in [-0.1, -0.05) is 18.9 Å². The molecule has 6 nitrogen and oxygen atoms in total. The van der Waals surface area contributed by atoms with Crippen LogP contribution < -0.4 is 4.74 Å². The zero-order valence-electron chi connectivity index (χ0n) is 20.8. The summed E-state index contributed by atoms with van der Waals surface area (Å²) in [6.07, 6.45) is 3.01. The smallest absolute Gasteiger partial charge is 0.223 e. The van der Waals surface area contributed by atoms with Crippen LogP contribution in [-0.2, 0) is 16.4 Å². The lowest BCUT2D eigenvalue weighted by atomic mass is 9.91. The number of aromatic nitrogens is 2. The third-order valence-corrected chi connectivity index (χ3v) is 6.71. The molecule has 2 rings (SSSR count). The summed E-state index contributed by atoms with van der Waals surface area (Å²) in [5.41, 5.74) is 4.59. The van der Waals surface area contributed by atoms with E-state index in [1.165, 1.54) is 12.3 Å². The number of carbonyl (C=O) groups is 1. The first-order valence-corrected chi connectivity index (χ1v) is 13.0. The second-order valence-electron chi connectivity index (χ2n) is 8.85. The molecule has 0 aliphatic rings. The zero-order chi connectivity index (χ0) is 24.4. The number of aryl methyl sites for hydroxylation is 2. The van der Waals surface area contributed by atoms with Crippen LogP contribution >= 0.6 is 0 Å². The molecule has 0 spiro atoms. The minimum Gasteiger partial charge on any atom is -0.475 e. The normalized spacial score (nSPS) is 11.7. The highest BCUT2D eigenvalue weighted by molar-refractivity contribution is 7.90. The molecule has 176 valence electrons. The number of hydrogen-bond acceptors (Lipinski definition) is 5. The number of ether oxygens (including phenoxy) is 1. The van der Waals surface area contributed by atoms with Crippen molar-refractivity contribution in [3.8, 4) is 5.88 Å². The third-order valence-electron chi connectivity index (χ3n) is 5.57. The van der Waals surface area contributed by atoms with E-state index in [0.29, 0.717) is 40.4 Å². The number of rotatable bonds is 9. The number of nitrogens with zero attached hydrogens (tertiary/aromatic N) is 2. The molecular weight excluding hydrogens is 424 g/mol. The Kier molecular flexibility index (Phi) is 8.10. The highest BCUT2D eigenvalue weighted by Gasteiger charge is 2.28. The molecular formula is C25H36N2O4S. The Hall–Kier alpha value is -2.41. The Balaban J connectivity index is 2.78. The van der Waals surface area contributed by atoms with Gasteiger partial charge >= 0.3 is 0 Å². The van der Waals surface area contributed by atoms with Gasteiger partial charge in [0.2, 0.25) is 11.7 Å². The van der Waals surface area contributed by atoms with Crippen LogP contribution in [-0.4, -0.2) is 36.3 Å². The molecule has 32 heavy (non-hydrogen) atoms. The quantitative estimate of drug-likeness (QED) is 0.459. The monoisotopic (exact) mass is 460 g/mol. The molecule has 0 saturated carbocycles. The van der Waals surface area contributed by atoms with Gasteiger partial charge in [-0.05, 0) is 83.7 Å². The number of ketones is 1. The molecule has 0 aliphatic carbocycles. The first kappa shape index (κ1) is 25.8. The first-order chi connectivity index (χ1) is 14.8. The van der Waals surface area contributed by atoms with E-state index in [-0.39, 0.29) is 16.8 Å².